The fourth-order valence-electron chi connectivity index (χ4n) is 1.10. The van der Waals surface area contributed by atoms with Crippen LogP contribution in [0.3, 0.4) is 0 Å². The van der Waals surface area contributed by atoms with Crippen LogP contribution in [0.25, 0.3) is 0 Å². The molecule has 0 aromatic carbocycles. The van der Waals surface area contributed by atoms with Crippen molar-refractivity contribution >= 4 is 14.6 Å². The summed E-state index contributed by atoms with van der Waals surface area (Å²) in [5.74, 6) is 0.316. The Hall–Kier alpha value is -0.153. The standard InChI is InChI=1S/C12H26O2Si/c1-10(8-9-13)11(2)14-15(6,7)12(3,4)5/h9-11H,8H2,1-7H3/t10-,11+/m1/s1. The summed E-state index contributed by atoms with van der Waals surface area (Å²) < 4.78 is 6.20. The van der Waals surface area contributed by atoms with Crippen molar-refractivity contribution in [3.05, 3.63) is 0 Å². The number of aldehydes is 1. The van der Waals surface area contributed by atoms with Crippen molar-refractivity contribution in [2.24, 2.45) is 5.92 Å². The van der Waals surface area contributed by atoms with Gasteiger partial charge in [0, 0.05) is 12.5 Å². The summed E-state index contributed by atoms with van der Waals surface area (Å²) in [7, 11) is -1.68. The lowest BCUT2D eigenvalue weighted by Crippen LogP contribution is -2.44. The highest BCUT2D eigenvalue weighted by Crippen LogP contribution is 2.38. The summed E-state index contributed by atoms with van der Waals surface area (Å²) in [4.78, 5) is 10.4. The second kappa shape index (κ2) is 5.26. The maximum Gasteiger partial charge on any atom is 0.192 e. The van der Waals surface area contributed by atoms with Crippen LogP contribution in [-0.2, 0) is 9.22 Å². The molecular weight excluding hydrogens is 204 g/mol. The lowest BCUT2D eigenvalue weighted by molar-refractivity contribution is -0.109. The zero-order chi connectivity index (χ0) is 12.3. The molecule has 0 amide bonds. The van der Waals surface area contributed by atoms with E-state index in [0.717, 1.165) is 6.29 Å². The summed E-state index contributed by atoms with van der Waals surface area (Å²) in [6, 6.07) is 0. The molecule has 0 rings (SSSR count). The van der Waals surface area contributed by atoms with E-state index in [9.17, 15) is 4.79 Å². The van der Waals surface area contributed by atoms with Gasteiger partial charge in [0.15, 0.2) is 8.32 Å². The van der Waals surface area contributed by atoms with Gasteiger partial charge in [-0.25, -0.2) is 0 Å². The highest BCUT2D eigenvalue weighted by molar-refractivity contribution is 6.74. The molecule has 0 aromatic rings. The van der Waals surface area contributed by atoms with Crippen LogP contribution in [-0.4, -0.2) is 20.7 Å². The summed E-state index contributed by atoms with van der Waals surface area (Å²) in [5.41, 5.74) is 0. The smallest absolute Gasteiger partial charge is 0.192 e. The fraction of sp³-hybridized carbons (Fsp3) is 0.917. The summed E-state index contributed by atoms with van der Waals surface area (Å²) >= 11 is 0. The van der Waals surface area contributed by atoms with Crippen molar-refractivity contribution in [3.63, 3.8) is 0 Å². The highest BCUT2D eigenvalue weighted by atomic mass is 28.4. The van der Waals surface area contributed by atoms with Gasteiger partial charge in [-0.05, 0) is 31.0 Å². The van der Waals surface area contributed by atoms with E-state index in [1.807, 2.05) is 0 Å². The largest absolute Gasteiger partial charge is 0.414 e. The first-order valence-electron chi connectivity index (χ1n) is 5.73. The highest BCUT2D eigenvalue weighted by Gasteiger charge is 2.39. The van der Waals surface area contributed by atoms with Gasteiger partial charge in [-0.3, -0.25) is 0 Å². The third-order valence-electron chi connectivity index (χ3n) is 3.56. The van der Waals surface area contributed by atoms with Crippen LogP contribution >= 0.6 is 0 Å². The Balaban J connectivity index is 4.39. The van der Waals surface area contributed by atoms with Gasteiger partial charge in [-0.2, -0.15) is 0 Å². The number of hydrogen-bond donors (Lipinski definition) is 0. The van der Waals surface area contributed by atoms with Crippen molar-refractivity contribution in [1.29, 1.82) is 0 Å². The molecule has 90 valence electrons. The van der Waals surface area contributed by atoms with Gasteiger partial charge in [0.1, 0.15) is 6.29 Å². The van der Waals surface area contributed by atoms with Crippen LogP contribution in [0.15, 0.2) is 0 Å². The monoisotopic (exact) mass is 230 g/mol. The zero-order valence-electron chi connectivity index (χ0n) is 11.3. The predicted octanol–water partition coefficient (Wildman–Crippen LogP) is 3.62. The topological polar surface area (TPSA) is 26.3 Å². The molecule has 0 fully saturated rings. The van der Waals surface area contributed by atoms with E-state index in [4.69, 9.17) is 4.43 Å². The van der Waals surface area contributed by atoms with E-state index in [2.05, 4.69) is 47.7 Å². The minimum Gasteiger partial charge on any atom is -0.414 e. The number of carbonyl (C=O) groups is 1. The Labute approximate surface area is 95.5 Å². The molecule has 0 bridgehead atoms. The molecule has 0 saturated heterocycles. The molecule has 0 spiro atoms. The molecule has 0 aliphatic rings. The van der Waals surface area contributed by atoms with Gasteiger partial charge in [0.2, 0.25) is 0 Å². The average molecular weight is 230 g/mol. The van der Waals surface area contributed by atoms with Crippen molar-refractivity contribution in [2.75, 3.05) is 0 Å². The van der Waals surface area contributed by atoms with Crippen LogP contribution in [0.5, 0.6) is 0 Å². The molecular formula is C12H26O2Si. The summed E-state index contributed by atoms with van der Waals surface area (Å²) in [5, 5.41) is 0.238. The van der Waals surface area contributed by atoms with E-state index >= 15 is 0 Å². The Bertz CT molecular complexity index is 206. The molecule has 0 unspecified atom stereocenters. The van der Waals surface area contributed by atoms with E-state index in [1.165, 1.54) is 0 Å². The number of rotatable bonds is 5. The lowest BCUT2D eigenvalue weighted by atomic mass is 10.0. The minimum atomic E-state index is -1.68. The van der Waals surface area contributed by atoms with Crippen LogP contribution in [0.4, 0.5) is 0 Å². The van der Waals surface area contributed by atoms with Crippen LogP contribution < -0.4 is 0 Å². The van der Waals surface area contributed by atoms with Crippen molar-refractivity contribution in [3.8, 4) is 0 Å². The molecule has 0 aromatic heterocycles. The van der Waals surface area contributed by atoms with Gasteiger partial charge < -0.3 is 9.22 Å². The van der Waals surface area contributed by atoms with Crippen LogP contribution in [0.2, 0.25) is 18.1 Å². The number of carbonyl (C=O) groups excluding carboxylic acids is 1. The van der Waals surface area contributed by atoms with Crippen molar-refractivity contribution < 1.29 is 9.22 Å². The van der Waals surface area contributed by atoms with E-state index in [1.54, 1.807) is 0 Å². The maximum atomic E-state index is 10.4. The first-order chi connectivity index (χ1) is 6.62. The Morgan fingerprint density at radius 3 is 2.07 bits per heavy atom. The van der Waals surface area contributed by atoms with Gasteiger partial charge in [0.05, 0.1) is 0 Å². The number of hydrogen-bond acceptors (Lipinski definition) is 2. The molecule has 0 radical (unpaired) electrons. The molecule has 0 aliphatic heterocycles. The van der Waals surface area contributed by atoms with Crippen molar-refractivity contribution in [2.45, 2.75) is 65.3 Å². The van der Waals surface area contributed by atoms with Gasteiger partial charge >= 0.3 is 0 Å². The van der Waals surface area contributed by atoms with Crippen LogP contribution in [0, 0.1) is 5.92 Å². The van der Waals surface area contributed by atoms with Gasteiger partial charge in [-0.15, -0.1) is 0 Å². The van der Waals surface area contributed by atoms with E-state index in [-0.39, 0.29) is 11.1 Å². The second-order valence-corrected chi connectivity index (χ2v) is 10.7. The molecule has 2 atom stereocenters. The third kappa shape index (κ3) is 4.47. The molecule has 0 saturated carbocycles. The van der Waals surface area contributed by atoms with E-state index < -0.39 is 8.32 Å². The minimum absolute atomic E-state index is 0.177. The normalized spacial score (nSPS) is 17.3. The molecule has 2 nitrogen and oxygen atoms in total. The average Bonchev–Trinajstić information content (AvgIpc) is 2.01. The Morgan fingerprint density at radius 1 is 1.27 bits per heavy atom. The Kier molecular flexibility index (Phi) is 5.20. The molecule has 0 heterocycles. The van der Waals surface area contributed by atoms with Gasteiger partial charge in [-0.1, -0.05) is 27.7 Å². The quantitative estimate of drug-likeness (QED) is 0.532. The molecule has 15 heavy (non-hydrogen) atoms. The molecule has 0 N–H and O–H groups in total. The van der Waals surface area contributed by atoms with Gasteiger partial charge in [0.25, 0.3) is 0 Å². The Morgan fingerprint density at radius 2 is 1.73 bits per heavy atom. The molecule has 3 heteroatoms. The van der Waals surface area contributed by atoms with E-state index in [0.29, 0.717) is 12.3 Å². The third-order valence-corrected chi connectivity index (χ3v) is 8.13. The fourth-order valence-corrected chi connectivity index (χ4v) is 2.62. The zero-order valence-corrected chi connectivity index (χ0v) is 12.3. The first kappa shape index (κ1) is 14.8. The molecule has 0 aliphatic carbocycles. The van der Waals surface area contributed by atoms with Crippen molar-refractivity contribution in [1.82, 2.24) is 0 Å². The summed E-state index contributed by atoms with van der Waals surface area (Å²) in [6.45, 7) is 15.3. The SMILES string of the molecule is C[C@H](CC=O)[C@H](C)O[Si](C)(C)C(C)(C)C. The maximum absolute atomic E-state index is 10.4. The van der Waals surface area contributed by atoms with Crippen LogP contribution in [0.1, 0.15) is 41.0 Å². The predicted molar refractivity (Wildman–Crippen MR) is 67.6 cm³/mol. The second-order valence-electron chi connectivity index (χ2n) is 5.96. The first-order valence-corrected chi connectivity index (χ1v) is 8.64. The summed E-state index contributed by atoms with van der Waals surface area (Å²) in [6.07, 6.45) is 1.75. The lowest BCUT2D eigenvalue weighted by Gasteiger charge is -2.39.